The molecule has 1 amide bonds. The predicted molar refractivity (Wildman–Crippen MR) is 71.5 cm³/mol. The second kappa shape index (κ2) is 6.33. The number of pyridine rings is 1. The quantitative estimate of drug-likeness (QED) is 0.839. The molecule has 2 aromatic heterocycles. The van der Waals surface area contributed by atoms with Crippen LogP contribution in [-0.2, 0) is 4.79 Å². The second-order valence-corrected chi connectivity index (χ2v) is 5.06. The number of nitrogens with zero attached hydrogens (tertiary/aromatic N) is 3. The summed E-state index contributed by atoms with van der Waals surface area (Å²) in [6.07, 6.45) is 3.31. The normalized spacial score (nSPS) is 12.1. The number of aromatic nitrogens is 3. The highest BCUT2D eigenvalue weighted by atomic mass is 32.2. The van der Waals surface area contributed by atoms with Gasteiger partial charge in [0.05, 0.1) is 5.25 Å². The molecule has 0 bridgehead atoms. The third-order valence-electron chi connectivity index (χ3n) is 2.33. The number of carbonyl (C=O) groups excluding carboxylic acids is 1. The van der Waals surface area contributed by atoms with Crippen LogP contribution in [0.15, 0.2) is 34.2 Å². The van der Waals surface area contributed by atoms with Crippen molar-refractivity contribution in [3.63, 3.8) is 0 Å². The van der Waals surface area contributed by atoms with Crippen molar-refractivity contribution in [1.82, 2.24) is 20.5 Å². The molecular formula is C12H14N4O2S. The molecule has 0 aromatic carbocycles. The first-order chi connectivity index (χ1) is 9.20. The van der Waals surface area contributed by atoms with Crippen molar-refractivity contribution in [2.24, 2.45) is 0 Å². The van der Waals surface area contributed by atoms with Gasteiger partial charge in [-0.15, -0.1) is 10.2 Å². The van der Waals surface area contributed by atoms with Crippen molar-refractivity contribution >= 4 is 17.7 Å². The summed E-state index contributed by atoms with van der Waals surface area (Å²) in [5, 5.41) is 10.7. The molecule has 0 aliphatic rings. The van der Waals surface area contributed by atoms with Crippen molar-refractivity contribution in [2.75, 3.05) is 6.54 Å². The molecule has 2 heterocycles. The number of hydrogen-bond donors (Lipinski definition) is 1. The molecule has 0 aliphatic heterocycles. The molecule has 0 saturated carbocycles. The summed E-state index contributed by atoms with van der Waals surface area (Å²) in [4.78, 5) is 15.5. The van der Waals surface area contributed by atoms with Gasteiger partial charge < -0.3 is 9.73 Å². The summed E-state index contributed by atoms with van der Waals surface area (Å²) in [7, 11) is 0. The fraction of sp³-hybridized carbons (Fsp3) is 0.333. The minimum absolute atomic E-state index is 0.0452. The number of hydrogen-bond acceptors (Lipinski definition) is 6. The summed E-state index contributed by atoms with van der Waals surface area (Å²) in [5.74, 6) is 0.379. The Morgan fingerprint density at radius 2 is 2.16 bits per heavy atom. The van der Waals surface area contributed by atoms with Crippen molar-refractivity contribution < 1.29 is 9.21 Å². The monoisotopic (exact) mass is 278 g/mol. The number of amides is 1. The van der Waals surface area contributed by atoms with Crippen LogP contribution in [0.2, 0.25) is 0 Å². The maximum atomic E-state index is 11.6. The fourth-order valence-corrected chi connectivity index (χ4v) is 2.10. The third kappa shape index (κ3) is 3.54. The zero-order chi connectivity index (χ0) is 13.7. The number of nitrogens with one attached hydrogen (secondary N) is 1. The first kappa shape index (κ1) is 13.5. The summed E-state index contributed by atoms with van der Waals surface area (Å²) in [6.45, 7) is 4.28. The van der Waals surface area contributed by atoms with Crippen LogP contribution >= 0.6 is 11.8 Å². The van der Waals surface area contributed by atoms with Gasteiger partial charge in [-0.2, -0.15) is 0 Å². The van der Waals surface area contributed by atoms with Crippen LogP contribution in [0.1, 0.15) is 13.8 Å². The molecule has 0 saturated heterocycles. The van der Waals surface area contributed by atoms with Crippen LogP contribution in [0, 0.1) is 0 Å². The molecule has 2 rings (SSSR count). The highest BCUT2D eigenvalue weighted by Crippen LogP contribution is 2.25. The van der Waals surface area contributed by atoms with E-state index in [4.69, 9.17) is 4.42 Å². The SMILES string of the molecule is CCNC(=O)C(C)Sc1nnc(-c2ccncc2)o1. The van der Waals surface area contributed by atoms with Crippen molar-refractivity contribution in [2.45, 2.75) is 24.3 Å². The molecule has 19 heavy (non-hydrogen) atoms. The minimum Gasteiger partial charge on any atom is -0.411 e. The second-order valence-electron chi connectivity index (χ2n) is 3.76. The van der Waals surface area contributed by atoms with Gasteiger partial charge in [0.25, 0.3) is 5.22 Å². The van der Waals surface area contributed by atoms with Gasteiger partial charge >= 0.3 is 0 Å². The van der Waals surface area contributed by atoms with Crippen molar-refractivity contribution in [3.05, 3.63) is 24.5 Å². The molecule has 0 aliphatic carbocycles. The molecule has 6 nitrogen and oxygen atoms in total. The Kier molecular flexibility index (Phi) is 4.51. The maximum Gasteiger partial charge on any atom is 0.277 e. The highest BCUT2D eigenvalue weighted by Gasteiger charge is 2.17. The van der Waals surface area contributed by atoms with Gasteiger partial charge in [0, 0.05) is 24.5 Å². The van der Waals surface area contributed by atoms with E-state index in [1.165, 1.54) is 11.8 Å². The van der Waals surface area contributed by atoms with Crippen LogP contribution in [0.4, 0.5) is 0 Å². The molecule has 0 radical (unpaired) electrons. The predicted octanol–water partition coefficient (Wildman–Crippen LogP) is 1.75. The van der Waals surface area contributed by atoms with Crippen molar-refractivity contribution in [3.8, 4) is 11.5 Å². The van der Waals surface area contributed by atoms with Crippen LogP contribution < -0.4 is 5.32 Å². The van der Waals surface area contributed by atoms with Crippen LogP contribution in [0.5, 0.6) is 0 Å². The molecule has 1 atom stereocenters. The zero-order valence-corrected chi connectivity index (χ0v) is 11.5. The largest absolute Gasteiger partial charge is 0.411 e. The lowest BCUT2D eigenvalue weighted by Gasteiger charge is -2.07. The average molecular weight is 278 g/mol. The Balaban J connectivity index is 2.04. The van der Waals surface area contributed by atoms with Gasteiger partial charge in [0.1, 0.15) is 0 Å². The lowest BCUT2D eigenvalue weighted by atomic mass is 10.3. The van der Waals surface area contributed by atoms with E-state index in [0.717, 1.165) is 5.56 Å². The van der Waals surface area contributed by atoms with E-state index >= 15 is 0 Å². The Morgan fingerprint density at radius 1 is 1.42 bits per heavy atom. The van der Waals surface area contributed by atoms with Crippen LogP contribution in [0.3, 0.4) is 0 Å². The molecule has 7 heteroatoms. The molecule has 0 spiro atoms. The van der Waals surface area contributed by atoms with Gasteiger partial charge in [-0.25, -0.2) is 0 Å². The Morgan fingerprint density at radius 3 is 2.84 bits per heavy atom. The average Bonchev–Trinajstić information content (AvgIpc) is 2.88. The smallest absolute Gasteiger partial charge is 0.277 e. The minimum atomic E-state index is -0.273. The standard InChI is InChI=1S/C12H14N4O2S/c1-3-14-10(17)8(2)19-12-16-15-11(18-12)9-4-6-13-7-5-9/h4-8H,3H2,1-2H3,(H,14,17). The molecule has 100 valence electrons. The van der Waals surface area contributed by atoms with Crippen LogP contribution in [-0.4, -0.2) is 32.9 Å². The molecule has 1 N–H and O–H groups in total. The molecule has 0 fully saturated rings. The molecule has 2 aromatic rings. The highest BCUT2D eigenvalue weighted by molar-refractivity contribution is 8.00. The van der Waals surface area contributed by atoms with Gasteiger partial charge in [0.2, 0.25) is 11.8 Å². The van der Waals surface area contributed by atoms with E-state index in [0.29, 0.717) is 17.7 Å². The topological polar surface area (TPSA) is 80.9 Å². The van der Waals surface area contributed by atoms with E-state index in [1.54, 1.807) is 31.5 Å². The van der Waals surface area contributed by atoms with E-state index in [9.17, 15) is 4.79 Å². The Hall–Kier alpha value is -1.89. The Labute approximate surface area is 115 Å². The van der Waals surface area contributed by atoms with Gasteiger partial charge in [0.15, 0.2) is 0 Å². The van der Waals surface area contributed by atoms with E-state index < -0.39 is 0 Å². The maximum absolute atomic E-state index is 11.6. The molecule has 1 unspecified atom stereocenters. The summed E-state index contributed by atoms with van der Waals surface area (Å²) in [5.41, 5.74) is 0.806. The fourth-order valence-electron chi connectivity index (χ4n) is 1.39. The van der Waals surface area contributed by atoms with Gasteiger partial charge in [-0.3, -0.25) is 9.78 Å². The van der Waals surface area contributed by atoms with E-state index in [1.807, 2.05) is 6.92 Å². The van der Waals surface area contributed by atoms with Gasteiger partial charge in [-0.1, -0.05) is 11.8 Å². The van der Waals surface area contributed by atoms with Crippen LogP contribution in [0.25, 0.3) is 11.5 Å². The van der Waals surface area contributed by atoms with Gasteiger partial charge in [-0.05, 0) is 26.0 Å². The number of carbonyl (C=O) groups is 1. The lowest BCUT2D eigenvalue weighted by Crippen LogP contribution is -2.30. The third-order valence-corrected chi connectivity index (χ3v) is 3.27. The first-order valence-corrected chi connectivity index (χ1v) is 6.77. The van der Waals surface area contributed by atoms with E-state index in [-0.39, 0.29) is 11.2 Å². The summed E-state index contributed by atoms with van der Waals surface area (Å²) >= 11 is 1.24. The first-order valence-electron chi connectivity index (χ1n) is 5.89. The zero-order valence-electron chi connectivity index (χ0n) is 10.7. The van der Waals surface area contributed by atoms with Crippen molar-refractivity contribution in [1.29, 1.82) is 0 Å². The molecular weight excluding hydrogens is 264 g/mol. The Bertz CT molecular complexity index is 544. The van der Waals surface area contributed by atoms with E-state index in [2.05, 4.69) is 20.5 Å². The summed E-state index contributed by atoms with van der Waals surface area (Å²) in [6, 6.07) is 3.57. The lowest BCUT2D eigenvalue weighted by molar-refractivity contribution is -0.120. The number of thioether (sulfide) groups is 1. The number of rotatable bonds is 5. The summed E-state index contributed by atoms with van der Waals surface area (Å²) < 4.78 is 5.50.